The first kappa shape index (κ1) is 16.7. The molecule has 0 spiro atoms. The Balaban J connectivity index is 2.33. The third kappa shape index (κ3) is 6.74. The SMILES string of the molecule is O=C(O)C[C@@H]1CCCN(C(=O)COCC(F)(F)F)CC1. The topological polar surface area (TPSA) is 66.8 Å². The van der Waals surface area contributed by atoms with E-state index in [1.165, 1.54) is 4.90 Å². The van der Waals surface area contributed by atoms with E-state index in [0.717, 1.165) is 0 Å². The Morgan fingerprint density at radius 3 is 2.55 bits per heavy atom. The van der Waals surface area contributed by atoms with Crippen LogP contribution in [0.3, 0.4) is 0 Å². The van der Waals surface area contributed by atoms with Crippen LogP contribution in [0.25, 0.3) is 0 Å². The first-order chi connectivity index (χ1) is 9.28. The van der Waals surface area contributed by atoms with Crippen molar-refractivity contribution in [3.8, 4) is 0 Å². The average molecular weight is 297 g/mol. The molecule has 0 bridgehead atoms. The standard InChI is InChI=1S/C12H18F3NO4/c13-12(14,15)8-20-7-10(17)16-4-1-2-9(3-5-16)6-11(18)19/h9H,1-8H2,(H,18,19)/t9-/m1/s1. The van der Waals surface area contributed by atoms with Crippen LogP contribution in [-0.4, -0.2) is 54.4 Å². The summed E-state index contributed by atoms with van der Waals surface area (Å²) >= 11 is 0. The summed E-state index contributed by atoms with van der Waals surface area (Å²) in [7, 11) is 0. The molecule has 1 rings (SSSR count). The molecule has 1 saturated heterocycles. The van der Waals surface area contributed by atoms with E-state index >= 15 is 0 Å². The lowest BCUT2D eigenvalue weighted by Crippen LogP contribution is -2.35. The van der Waals surface area contributed by atoms with Crippen LogP contribution in [0.2, 0.25) is 0 Å². The Labute approximate surface area is 114 Å². The number of likely N-dealkylation sites (tertiary alicyclic amines) is 1. The predicted molar refractivity (Wildman–Crippen MR) is 63.0 cm³/mol. The molecule has 8 heteroatoms. The molecular weight excluding hydrogens is 279 g/mol. The van der Waals surface area contributed by atoms with E-state index in [0.29, 0.717) is 32.4 Å². The van der Waals surface area contributed by atoms with Gasteiger partial charge in [-0.05, 0) is 25.2 Å². The molecule has 1 fully saturated rings. The molecule has 1 aliphatic rings. The normalized spacial score (nSPS) is 20.6. The summed E-state index contributed by atoms with van der Waals surface area (Å²) in [5.74, 6) is -1.34. The lowest BCUT2D eigenvalue weighted by molar-refractivity contribution is -0.177. The number of hydrogen-bond donors (Lipinski definition) is 1. The summed E-state index contributed by atoms with van der Waals surface area (Å²) in [5, 5.41) is 8.72. The highest BCUT2D eigenvalue weighted by atomic mass is 19.4. The highest BCUT2D eigenvalue weighted by Crippen LogP contribution is 2.21. The van der Waals surface area contributed by atoms with Gasteiger partial charge in [0, 0.05) is 19.5 Å². The maximum absolute atomic E-state index is 11.9. The van der Waals surface area contributed by atoms with Gasteiger partial charge in [0.2, 0.25) is 5.91 Å². The van der Waals surface area contributed by atoms with Gasteiger partial charge in [-0.1, -0.05) is 0 Å². The fraction of sp³-hybridized carbons (Fsp3) is 0.833. The van der Waals surface area contributed by atoms with Gasteiger partial charge in [-0.25, -0.2) is 0 Å². The lowest BCUT2D eigenvalue weighted by atomic mass is 9.97. The molecule has 0 aliphatic carbocycles. The number of halogens is 3. The Morgan fingerprint density at radius 1 is 1.25 bits per heavy atom. The van der Waals surface area contributed by atoms with E-state index in [1.807, 2.05) is 0 Å². The highest BCUT2D eigenvalue weighted by Gasteiger charge is 2.28. The van der Waals surface area contributed by atoms with E-state index in [4.69, 9.17) is 5.11 Å². The van der Waals surface area contributed by atoms with E-state index in [-0.39, 0.29) is 12.3 Å². The molecule has 5 nitrogen and oxygen atoms in total. The van der Waals surface area contributed by atoms with Gasteiger partial charge in [0.05, 0.1) is 0 Å². The molecule has 0 aromatic heterocycles. The number of aliphatic carboxylic acids is 1. The van der Waals surface area contributed by atoms with Crippen LogP contribution in [0.4, 0.5) is 13.2 Å². The van der Waals surface area contributed by atoms with Gasteiger partial charge in [0.1, 0.15) is 13.2 Å². The summed E-state index contributed by atoms with van der Waals surface area (Å²) in [6.45, 7) is -1.23. The number of carbonyl (C=O) groups excluding carboxylic acids is 1. The lowest BCUT2D eigenvalue weighted by Gasteiger charge is -2.20. The van der Waals surface area contributed by atoms with Crippen molar-refractivity contribution in [2.75, 3.05) is 26.3 Å². The van der Waals surface area contributed by atoms with Crippen molar-refractivity contribution in [2.24, 2.45) is 5.92 Å². The van der Waals surface area contributed by atoms with Gasteiger partial charge >= 0.3 is 12.1 Å². The van der Waals surface area contributed by atoms with Crippen LogP contribution in [0.1, 0.15) is 25.7 Å². The maximum Gasteiger partial charge on any atom is 0.411 e. The minimum atomic E-state index is -4.44. The molecule has 0 radical (unpaired) electrons. The predicted octanol–water partition coefficient (Wildman–Crippen LogP) is 1.67. The molecule has 0 aromatic rings. The number of alkyl halides is 3. The van der Waals surface area contributed by atoms with E-state index in [9.17, 15) is 22.8 Å². The Bertz CT molecular complexity index is 346. The highest BCUT2D eigenvalue weighted by molar-refractivity contribution is 5.77. The number of nitrogens with zero attached hydrogens (tertiary/aromatic N) is 1. The third-order valence-corrected chi connectivity index (χ3v) is 3.15. The van der Waals surface area contributed by atoms with Gasteiger partial charge < -0.3 is 14.7 Å². The molecule has 1 atom stereocenters. The monoisotopic (exact) mass is 297 g/mol. The number of carboxylic acids is 1. The molecular formula is C12H18F3NO4. The summed E-state index contributed by atoms with van der Waals surface area (Å²) < 4.78 is 40.0. The van der Waals surface area contributed by atoms with Crippen molar-refractivity contribution in [3.05, 3.63) is 0 Å². The Kier molecular flexibility index (Phi) is 6.25. The smallest absolute Gasteiger partial charge is 0.411 e. The van der Waals surface area contributed by atoms with Gasteiger partial charge in [0.25, 0.3) is 0 Å². The first-order valence-electron chi connectivity index (χ1n) is 6.42. The summed E-state index contributed by atoms with van der Waals surface area (Å²) in [5.41, 5.74) is 0. The van der Waals surface area contributed by atoms with Crippen molar-refractivity contribution in [1.82, 2.24) is 4.90 Å². The van der Waals surface area contributed by atoms with Crippen molar-refractivity contribution < 1.29 is 32.6 Å². The molecule has 1 heterocycles. The number of rotatable bonds is 5. The zero-order chi connectivity index (χ0) is 15.2. The van der Waals surface area contributed by atoms with Crippen LogP contribution in [-0.2, 0) is 14.3 Å². The van der Waals surface area contributed by atoms with Crippen LogP contribution in [0.15, 0.2) is 0 Å². The summed E-state index contributed by atoms with van der Waals surface area (Å²) in [6.07, 6.45) is -2.46. The molecule has 1 N–H and O–H groups in total. The second-order valence-corrected chi connectivity index (χ2v) is 4.88. The summed E-state index contributed by atoms with van der Waals surface area (Å²) in [4.78, 5) is 23.7. The van der Waals surface area contributed by atoms with Crippen molar-refractivity contribution in [2.45, 2.75) is 31.9 Å². The molecule has 1 aliphatic heterocycles. The average Bonchev–Trinajstić information content (AvgIpc) is 2.52. The number of amides is 1. The zero-order valence-electron chi connectivity index (χ0n) is 11.0. The van der Waals surface area contributed by atoms with E-state index < -0.39 is 31.3 Å². The Hall–Kier alpha value is -1.31. The van der Waals surface area contributed by atoms with Gasteiger partial charge in [0.15, 0.2) is 0 Å². The van der Waals surface area contributed by atoms with Crippen LogP contribution in [0, 0.1) is 5.92 Å². The maximum atomic E-state index is 11.9. The second kappa shape index (κ2) is 7.47. The van der Waals surface area contributed by atoms with Crippen molar-refractivity contribution in [1.29, 1.82) is 0 Å². The number of carboxylic acid groups (broad SMARTS) is 1. The zero-order valence-corrected chi connectivity index (χ0v) is 11.0. The van der Waals surface area contributed by atoms with E-state index in [2.05, 4.69) is 4.74 Å². The molecule has 116 valence electrons. The fourth-order valence-corrected chi connectivity index (χ4v) is 2.21. The van der Waals surface area contributed by atoms with Crippen LogP contribution < -0.4 is 0 Å². The number of hydrogen-bond acceptors (Lipinski definition) is 3. The van der Waals surface area contributed by atoms with Crippen molar-refractivity contribution >= 4 is 11.9 Å². The van der Waals surface area contributed by atoms with Crippen LogP contribution >= 0.6 is 0 Å². The van der Waals surface area contributed by atoms with Gasteiger partial charge in [-0.15, -0.1) is 0 Å². The molecule has 0 saturated carbocycles. The van der Waals surface area contributed by atoms with Crippen LogP contribution in [0.5, 0.6) is 0 Å². The molecule has 0 unspecified atom stereocenters. The first-order valence-corrected chi connectivity index (χ1v) is 6.42. The van der Waals surface area contributed by atoms with Gasteiger partial charge in [-0.3, -0.25) is 9.59 Å². The fourth-order valence-electron chi connectivity index (χ4n) is 2.21. The largest absolute Gasteiger partial charge is 0.481 e. The number of ether oxygens (including phenoxy) is 1. The quantitative estimate of drug-likeness (QED) is 0.838. The molecule has 0 aromatic carbocycles. The molecule has 20 heavy (non-hydrogen) atoms. The third-order valence-electron chi connectivity index (χ3n) is 3.15. The van der Waals surface area contributed by atoms with E-state index in [1.54, 1.807) is 0 Å². The van der Waals surface area contributed by atoms with Gasteiger partial charge in [-0.2, -0.15) is 13.2 Å². The Morgan fingerprint density at radius 2 is 1.95 bits per heavy atom. The minimum Gasteiger partial charge on any atom is -0.481 e. The van der Waals surface area contributed by atoms with Crippen molar-refractivity contribution in [3.63, 3.8) is 0 Å². The minimum absolute atomic E-state index is 0.0152. The summed E-state index contributed by atoms with van der Waals surface area (Å²) in [6, 6.07) is 0. The second-order valence-electron chi connectivity index (χ2n) is 4.88. The number of carbonyl (C=O) groups is 2. The molecule has 1 amide bonds.